The van der Waals surface area contributed by atoms with Gasteiger partial charge in [0.2, 0.25) is 0 Å². The second-order valence-electron chi connectivity index (χ2n) is 5.28. The van der Waals surface area contributed by atoms with E-state index in [9.17, 15) is 4.39 Å². The van der Waals surface area contributed by atoms with Crippen LogP contribution in [0.15, 0.2) is 41.4 Å². The topological polar surface area (TPSA) is 68.9 Å². The number of aliphatic imine (C=N–C) groups is 1. The van der Waals surface area contributed by atoms with Gasteiger partial charge < -0.3 is 20.5 Å². The summed E-state index contributed by atoms with van der Waals surface area (Å²) in [5.74, 6) is 1.38. The molecule has 2 aromatic carbocycles. The normalized spacial score (nSPS) is 10.8. The maximum atomic E-state index is 13.1. The quantitative estimate of drug-likeness (QED) is 0.393. The molecule has 0 fully saturated rings. The molecule has 0 aromatic heterocycles. The third kappa shape index (κ3) is 6.08. The molecule has 0 aliphatic carbocycles. The summed E-state index contributed by atoms with van der Waals surface area (Å²) in [6.45, 7) is 2.38. The van der Waals surface area contributed by atoms with Crippen LogP contribution in [-0.4, -0.2) is 26.7 Å². The van der Waals surface area contributed by atoms with Crippen molar-refractivity contribution in [3.05, 3.63) is 53.3 Å². The molecule has 0 saturated carbocycles. The maximum Gasteiger partial charge on any atom is 0.193 e. The Labute approximate surface area is 164 Å². The van der Waals surface area contributed by atoms with E-state index in [4.69, 9.17) is 15.2 Å². The fourth-order valence-corrected chi connectivity index (χ4v) is 2.33. The standard InChI is InChI=1S/C18H22FN3O2.HI/c1-12-10-14(19)5-4-13(12)8-9-21-18(20)22-16-11-15(23-2)6-7-17(16)24-3;/h4-7,10-11H,8-9H2,1-3H3,(H3,20,21,22);1H. The number of guanidine groups is 1. The minimum atomic E-state index is -0.231. The highest BCUT2D eigenvalue weighted by molar-refractivity contribution is 14.0. The highest BCUT2D eigenvalue weighted by Gasteiger charge is 2.06. The predicted octanol–water partition coefficient (Wildman–Crippen LogP) is 3.74. The van der Waals surface area contributed by atoms with Crippen LogP contribution < -0.4 is 20.5 Å². The summed E-state index contributed by atoms with van der Waals surface area (Å²) in [6, 6.07) is 10.1. The van der Waals surface area contributed by atoms with Crippen molar-refractivity contribution < 1.29 is 13.9 Å². The molecule has 0 amide bonds. The minimum Gasteiger partial charge on any atom is -0.497 e. The summed E-state index contributed by atoms with van der Waals surface area (Å²) in [6.07, 6.45) is 0.684. The van der Waals surface area contributed by atoms with E-state index in [1.54, 1.807) is 38.5 Å². The van der Waals surface area contributed by atoms with Gasteiger partial charge in [-0.1, -0.05) is 6.07 Å². The first kappa shape index (κ1) is 21.0. The first-order valence-corrected chi connectivity index (χ1v) is 7.57. The summed E-state index contributed by atoms with van der Waals surface area (Å²) >= 11 is 0. The molecule has 0 aliphatic rings. The number of hydrogen-bond donors (Lipinski definition) is 2. The lowest BCUT2D eigenvalue weighted by atomic mass is 10.1. The van der Waals surface area contributed by atoms with Crippen molar-refractivity contribution in [2.45, 2.75) is 13.3 Å². The van der Waals surface area contributed by atoms with Gasteiger partial charge in [-0.2, -0.15) is 0 Å². The van der Waals surface area contributed by atoms with Crippen LogP contribution in [0, 0.1) is 12.7 Å². The van der Waals surface area contributed by atoms with Crippen molar-refractivity contribution in [2.24, 2.45) is 10.7 Å². The molecule has 2 aromatic rings. The molecule has 3 N–H and O–H groups in total. The van der Waals surface area contributed by atoms with Gasteiger partial charge in [-0.15, -0.1) is 24.0 Å². The van der Waals surface area contributed by atoms with E-state index < -0.39 is 0 Å². The molecule has 0 aliphatic heterocycles. The summed E-state index contributed by atoms with van der Waals surface area (Å²) in [5.41, 5.74) is 8.56. The van der Waals surface area contributed by atoms with E-state index in [1.165, 1.54) is 12.1 Å². The average molecular weight is 459 g/mol. The molecule has 0 radical (unpaired) electrons. The number of ether oxygens (including phenoxy) is 2. The van der Waals surface area contributed by atoms with Crippen molar-refractivity contribution in [1.82, 2.24) is 0 Å². The van der Waals surface area contributed by atoms with Gasteiger partial charge in [0.15, 0.2) is 5.96 Å². The average Bonchev–Trinajstić information content (AvgIpc) is 2.56. The van der Waals surface area contributed by atoms with Crippen molar-refractivity contribution in [3.8, 4) is 11.5 Å². The Morgan fingerprint density at radius 3 is 2.56 bits per heavy atom. The number of nitrogens with one attached hydrogen (secondary N) is 1. The number of hydrogen-bond acceptors (Lipinski definition) is 3. The van der Waals surface area contributed by atoms with Crippen LogP contribution >= 0.6 is 24.0 Å². The van der Waals surface area contributed by atoms with Gasteiger partial charge >= 0.3 is 0 Å². The van der Waals surface area contributed by atoms with Crippen molar-refractivity contribution in [3.63, 3.8) is 0 Å². The number of nitrogens with zero attached hydrogens (tertiary/aromatic N) is 1. The number of methoxy groups -OCH3 is 2. The second kappa shape index (κ2) is 10.1. The van der Waals surface area contributed by atoms with Crippen molar-refractivity contribution in [1.29, 1.82) is 0 Å². The highest BCUT2D eigenvalue weighted by atomic mass is 127. The van der Waals surface area contributed by atoms with Crippen LogP contribution in [0.4, 0.5) is 10.1 Å². The summed E-state index contributed by atoms with van der Waals surface area (Å²) in [4.78, 5) is 4.30. The first-order chi connectivity index (χ1) is 11.5. The van der Waals surface area contributed by atoms with Gasteiger partial charge in [0, 0.05) is 12.6 Å². The van der Waals surface area contributed by atoms with Gasteiger partial charge in [-0.3, -0.25) is 4.99 Å². The van der Waals surface area contributed by atoms with Gasteiger partial charge in [0.25, 0.3) is 0 Å². The maximum absolute atomic E-state index is 13.1. The van der Waals surface area contributed by atoms with Crippen LogP contribution in [0.2, 0.25) is 0 Å². The minimum absolute atomic E-state index is 0. The van der Waals surface area contributed by atoms with Crippen molar-refractivity contribution >= 4 is 35.6 Å². The van der Waals surface area contributed by atoms with Crippen LogP contribution in [0.5, 0.6) is 11.5 Å². The number of halogens is 2. The Balaban J connectivity index is 0.00000312. The number of benzene rings is 2. The first-order valence-electron chi connectivity index (χ1n) is 7.57. The van der Waals surface area contributed by atoms with E-state index in [-0.39, 0.29) is 35.8 Å². The number of aryl methyl sites for hydroxylation is 1. The number of nitrogens with two attached hydrogens (primary N) is 1. The number of anilines is 1. The molecule has 2 rings (SSSR count). The zero-order chi connectivity index (χ0) is 17.5. The van der Waals surface area contributed by atoms with Crippen molar-refractivity contribution in [2.75, 3.05) is 26.1 Å². The molecule has 0 spiro atoms. The molecule has 0 bridgehead atoms. The molecule has 0 saturated heterocycles. The monoisotopic (exact) mass is 459 g/mol. The van der Waals surface area contributed by atoms with Crippen LogP contribution in [0.1, 0.15) is 11.1 Å². The summed E-state index contributed by atoms with van der Waals surface area (Å²) in [7, 11) is 3.17. The molecule has 0 atom stereocenters. The third-order valence-electron chi connectivity index (χ3n) is 3.64. The SMILES string of the molecule is COc1ccc(OC)c(NC(N)=NCCc2ccc(F)cc2C)c1.I. The van der Waals surface area contributed by atoms with E-state index >= 15 is 0 Å². The zero-order valence-corrected chi connectivity index (χ0v) is 16.8. The lowest BCUT2D eigenvalue weighted by Gasteiger charge is -2.12. The number of rotatable bonds is 6. The van der Waals surface area contributed by atoms with E-state index in [2.05, 4.69) is 10.3 Å². The van der Waals surface area contributed by atoms with Gasteiger partial charge in [0.1, 0.15) is 17.3 Å². The van der Waals surface area contributed by atoms with Gasteiger partial charge in [0.05, 0.1) is 19.9 Å². The van der Waals surface area contributed by atoms with Gasteiger partial charge in [-0.25, -0.2) is 4.39 Å². The lowest BCUT2D eigenvalue weighted by Crippen LogP contribution is -2.23. The van der Waals surface area contributed by atoms with E-state index in [0.717, 1.165) is 11.1 Å². The Morgan fingerprint density at radius 2 is 1.92 bits per heavy atom. The molecule has 0 unspecified atom stereocenters. The molecule has 5 nitrogen and oxygen atoms in total. The summed E-state index contributed by atoms with van der Waals surface area (Å²) < 4.78 is 23.6. The Bertz CT molecular complexity index is 738. The molecule has 7 heteroatoms. The molecule has 25 heavy (non-hydrogen) atoms. The Kier molecular flexibility index (Phi) is 8.47. The molecular weight excluding hydrogens is 436 g/mol. The second-order valence-corrected chi connectivity index (χ2v) is 5.28. The third-order valence-corrected chi connectivity index (χ3v) is 3.64. The fourth-order valence-electron chi connectivity index (χ4n) is 2.33. The Hall–Kier alpha value is -2.03. The largest absolute Gasteiger partial charge is 0.497 e. The zero-order valence-electron chi connectivity index (χ0n) is 14.5. The van der Waals surface area contributed by atoms with E-state index in [1.807, 2.05) is 6.92 Å². The fraction of sp³-hybridized carbons (Fsp3) is 0.278. The van der Waals surface area contributed by atoms with Crippen LogP contribution in [0.25, 0.3) is 0 Å². The predicted molar refractivity (Wildman–Crippen MR) is 110 cm³/mol. The van der Waals surface area contributed by atoms with Crippen LogP contribution in [-0.2, 0) is 6.42 Å². The van der Waals surface area contributed by atoms with Crippen LogP contribution in [0.3, 0.4) is 0 Å². The molecular formula is C18H23FIN3O2. The van der Waals surface area contributed by atoms with E-state index in [0.29, 0.717) is 30.2 Å². The molecule has 136 valence electrons. The summed E-state index contributed by atoms with van der Waals surface area (Å²) in [5, 5.41) is 3.01. The molecule has 0 heterocycles. The Morgan fingerprint density at radius 1 is 1.16 bits per heavy atom. The highest BCUT2D eigenvalue weighted by Crippen LogP contribution is 2.28. The lowest BCUT2D eigenvalue weighted by molar-refractivity contribution is 0.405. The van der Waals surface area contributed by atoms with Gasteiger partial charge in [-0.05, 0) is 48.7 Å². The smallest absolute Gasteiger partial charge is 0.193 e.